The minimum atomic E-state index is 0.211. The van der Waals surface area contributed by atoms with Crippen molar-refractivity contribution in [2.24, 2.45) is 5.92 Å². The fourth-order valence-corrected chi connectivity index (χ4v) is 4.66. The van der Waals surface area contributed by atoms with Crippen LogP contribution in [0.3, 0.4) is 0 Å². The monoisotopic (exact) mass is 274 g/mol. The highest BCUT2D eigenvalue weighted by atomic mass is 32.2. The summed E-state index contributed by atoms with van der Waals surface area (Å²) in [5.74, 6) is 0.697. The molecule has 0 saturated heterocycles. The van der Waals surface area contributed by atoms with E-state index in [0.29, 0.717) is 16.4 Å². The van der Waals surface area contributed by atoms with E-state index in [1.54, 1.807) is 13.8 Å². The zero-order chi connectivity index (χ0) is 12.8. The van der Waals surface area contributed by atoms with Crippen molar-refractivity contribution in [3.63, 3.8) is 0 Å². The van der Waals surface area contributed by atoms with E-state index < -0.39 is 0 Å². The summed E-state index contributed by atoms with van der Waals surface area (Å²) in [4.78, 5) is 22.1. The van der Waals surface area contributed by atoms with Gasteiger partial charge in [-0.25, -0.2) is 0 Å². The van der Waals surface area contributed by atoms with Crippen LogP contribution in [-0.2, 0) is 9.59 Å². The van der Waals surface area contributed by atoms with Gasteiger partial charge in [0.15, 0.2) is 10.2 Å². The Labute approximate surface area is 113 Å². The number of hydrogen-bond donors (Lipinski definition) is 0. The number of thioether (sulfide) groups is 2. The van der Waals surface area contributed by atoms with Crippen LogP contribution in [0.4, 0.5) is 0 Å². The van der Waals surface area contributed by atoms with Crippen molar-refractivity contribution in [3.05, 3.63) is 0 Å². The molecule has 17 heavy (non-hydrogen) atoms. The van der Waals surface area contributed by atoms with E-state index in [1.165, 1.54) is 42.8 Å². The third-order valence-electron chi connectivity index (χ3n) is 3.10. The van der Waals surface area contributed by atoms with Gasteiger partial charge in [0.2, 0.25) is 0 Å². The summed E-state index contributed by atoms with van der Waals surface area (Å²) in [6.45, 7) is 5.42. The van der Waals surface area contributed by atoms with E-state index in [9.17, 15) is 9.59 Å². The van der Waals surface area contributed by atoms with Gasteiger partial charge in [-0.1, -0.05) is 43.3 Å². The van der Waals surface area contributed by atoms with Crippen molar-refractivity contribution in [1.82, 2.24) is 0 Å². The first-order chi connectivity index (χ1) is 7.97. The molecule has 2 nitrogen and oxygen atoms in total. The van der Waals surface area contributed by atoms with Crippen molar-refractivity contribution < 1.29 is 9.59 Å². The number of rotatable bonds is 4. The molecule has 1 rings (SSSR count). The fourth-order valence-electron chi connectivity index (χ4n) is 2.60. The van der Waals surface area contributed by atoms with E-state index >= 15 is 0 Å². The molecule has 0 unspecified atom stereocenters. The molecule has 1 fully saturated rings. The van der Waals surface area contributed by atoms with Gasteiger partial charge in [0, 0.05) is 24.3 Å². The predicted octanol–water partition coefficient (Wildman–Crippen LogP) is 3.88. The summed E-state index contributed by atoms with van der Waals surface area (Å²) in [6.07, 6.45) is 5.92. The van der Waals surface area contributed by atoms with Crippen LogP contribution < -0.4 is 0 Å². The van der Waals surface area contributed by atoms with Crippen LogP contribution in [0, 0.1) is 5.92 Å². The van der Waals surface area contributed by atoms with Crippen molar-refractivity contribution in [2.45, 2.75) is 63.4 Å². The van der Waals surface area contributed by atoms with Crippen molar-refractivity contribution in [3.8, 4) is 0 Å². The van der Waals surface area contributed by atoms with Crippen LogP contribution in [0.25, 0.3) is 0 Å². The van der Waals surface area contributed by atoms with E-state index in [-0.39, 0.29) is 10.2 Å². The second-order valence-corrected chi connectivity index (χ2v) is 8.01. The lowest BCUT2D eigenvalue weighted by molar-refractivity contribution is -0.110. The minimum Gasteiger partial charge on any atom is -0.288 e. The van der Waals surface area contributed by atoms with Gasteiger partial charge < -0.3 is 0 Å². The number of carbonyl (C=O) groups is 2. The van der Waals surface area contributed by atoms with Crippen LogP contribution in [0.1, 0.15) is 52.9 Å². The lowest BCUT2D eigenvalue weighted by Crippen LogP contribution is -2.21. The first-order valence-corrected chi connectivity index (χ1v) is 8.07. The van der Waals surface area contributed by atoms with Gasteiger partial charge in [0.1, 0.15) is 0 Å². The minimum absolute atomic E-state index is 0.211. The third kappa shape index (κ3) is 6.51. The molecule has 0 radical (unpaired) electrons. The maximum atomic E-state index is 11.1. The van der Waals surface area contributed by atoms with Gasteiger partial charge in [-0.2, -0.15) is 0 Å². The molecule has 0 heterocycles. The predicted molar refractivity (Wildman–Crippen MR) is 76.4 cm³/mol. The highest BCUT2D eigenvalue weighted by Crippen LogP contribution is 2.36. The molecular formula is C13H22O2S2. The largest absolute Gasteiger partial charge is 0.288 e. The van der Waals surface area contributed by atoms with E-state index in [4.69, 9.17) is 0 Å². The average molecular weight is 274 g/mol. The zero-order valence-electron chi connectivity index (χ0n) is 10.9. The highest BCUT2D eigenvalue weighted by molar-refractivity contribution is 8.14. The Morgan fingerprint density at radius 2 is 1.94 bits per heavy atom. The number of hydrogen-bond acceptors (Lipinski definition) is 4. The molecule has 1 aliphatic carbocycles. The maximum Gasteiger partial charge on any atom is 0.186 e. The maximum absolute atomic E-state index is 11.1. The van der Waals surface area contributed by atoms with Crippen LogP contribution in [0.2, 0.25) is 0 Å². The summed E-state index contributed by atoms with van der Waals surface area (Å²) < 4.78 is 0. The summed E-state index contributed by atoms with van der Waals surface area (Å²) in [5, 5.41) is 1.38. The lowest BCUT2D eigenvalue weighted by atomic mass is 9.86. The molecule has 0 bridgehead atoms. The molecule has 98 valence electrons. The molecule has 0 spiro atoms. The van der Waals surface area contributed by atoms with Crippen LogP contribution in [0.15, 0.2) is 0 Å². The van der Waals surface area contributed by atoms with Crippen molar-refractivity contribution >= 4 is 33.8 Å². The summed E-state index contributed by atoms with van der Waals surface area (Å²) in [7, 11) is 0. The molecule has 1 saturated carbocycles. The first-order valence-electron chi connectivity index (χ1n) is 6.31. The molecular weight excluding hydrogens is 252 g/mol. The Morgan fingerprint density at radius 3 is 2.53 bits per heavy atom. The fraction of sp³-hybridized carbons (Fsp3) is 0.846. The van der Waals surface area contributed by atoms with Crippen LogP contribution in [-0.4, -0.2) is 20.7 Å². The van der Waals surface area contributed by atoms with Gasteiger partial charge in [0.25, 0.3) is 0 Å². The molecule has 3 atom stereocenters. The Bertz CT molecular complexity index is 277. The van der Waals surface area contributed by atoms with Gasteiger partial charge in [-0.05, 0) is 25.2 Å². The zero-order valence-corrected chi connectivity index (χ0v) is 12.5. The molecule has 0 aromatic rings. The number of carbonyl (C=O) groups excluding carboxylic acids is 2. The third-order valence-corrected chi connectivity index (χ3v) is 5.12. The van der Waals surface area contributed by atoms with E-state index in [2.05, 4.69) is 6.92 Å². The molecule has 4 heteroatoms. The summed E-state index contributed by atoms with van der Waals surface area (Å²) in [6, 6.07) is 0. The van der Waals surface area contributed by atoms with Gasteiger partial charge >= 0.3 is 0 Å². The van der Waals surface area contributed by atoms with Crippen LogP contribution in [0.5, 0.6) is 0 Å². The van der Waals surface area contributed by atoms with Gasteiger partial charge in [-0.3, -0.25) is 9.59 Å². The Hall–Kier alpha value is 0.0400. The quantitative estimate of drug-likeness (QED) is 0.779. The average Bonchev–Trinajstić information content (AvgIpc) is 2.14. The summed E-state index contributed by atoms with van der Waals surface area (Å²) in [5.41, 5.74) is 0. The van der Waals surface area contributed by atoms with Crippen LogP contribution >= 0.6 is 23.5 Å². The molecule has 1 aliphatic rings. The Kier molecular flexibility index (Phi) is 6.63. The molecule has 0 aliphatic heterocycles. The topological polar surface area (TPSA) is 34.1 Å². The molecule has 0 amide bonds. The van der Waals surface area contributed by atoms with E-state index in [0.717, 1.165) is 12.8 Å². The lowest BCUT2D eigenvalue weighted by Gasteiger charge is -2.29. The molecule has 0 aromatic carbocycles. The normalized spacial score (nSPS) is 26.5. The SMILES string of the molecule is CC(=O)S[C@H]1CCC[C@H](C[C@@H](C)SC(C)=O)C1. The molecule has 0 aromatic heterocycles. The summed E-state index contributed by atoms with van der Waals surface area (Å²) >= 11 is 2.96. The second kappa shape index (κ2) is 7.47. The van der Waals surface area contributed by atoms with E-state index in [1.807, 2.05) is 0 Å². The highest BCUT2D eigenvalue weighted by Gasteiger charge is 2.25. The second-order valence-electron chi connectivity index (χ2n) is 4.92. The first kappa shape index (κ1) is 15.1. The Balaban J connectivity index is 2.33. The smallest absolute Gasteiger partial charge is 0.186 e. The Morgan fingerprint density at radius 1 is 1.24 bits per heavy atom. The standard InChI is InChI=1S/C13H22O2S2/c1-9(16-10(2)14)7-12-5-4-6-13(8-12)17-11(3)15/h9,12-13H,4-8H2,1-3H3/t9-,12-,13+/m1/s1. The van der Waals surface area contributed by atoms with Gasteiger partial charge in [-0.15, -0.1) is 0 Å². The van der Waals surface area contributed by atoms with Gasteiger partial charge in [0.05, 0.1) is 0 Å². The van der Waals surface area contributed by atoms with Crippen molar-refractivity contribution in [2.75, 3.05) is 0 Å². The molecule has 0 N–H and O–H groups in total. The van der Waals surface area contributed by atoms with Crippen molar-refractivity contribution in [1.29, 1.82) is 0 Å².